The number of likely N-dealkylation sites (N-methyl/N-ethyl adjacent to an activating group) is 1. The van der Waals surface area contributed by atoms with Crippen molar-refractivity contribution in [3.63, 3.8) is 0 Å². The van der Waals surface area contributed by atoms with Crippen LogP contribution < -0.4 is 15.0 Å². The Morgan fingerprint density at radius 2 is 1.78 bits per heavy atom. The number of benzene rings is 2. The molecule has 0 radical (unpaired) electrons. The fourth-order valence-electron chi connectivity index (χ4n) is 3.66. The number of hydrogen-bond donors (Lipinski definition) is 1. The van der Waals surface area contributed by atoms with Gasteiger partial charge in [0.1, 0.15) is 5.75 Å². The second-order valence-corrected chi connectivity index (χ2v) is 7.64. The van der Waals surface area contributed by atoms with Crippen molar-refractivity contribution in [3.05, 3.63) is 60.3 Å². The molecular formula is C23H24F3N5O. The van der Waals surface area contributed by atoms with Crippen molar-refractivity contribution in [2.75, 3.05) is 50.6 Å². The highest BCUT2D eigenvalue weighted by molar-refractivity contribution is 5.67. The first kappa shape index (κ1) is 21.9. The van der Waals surface area contributed by atoms with Crippen molar-refractivity contribution < 1.29 is 17.9 Å². The lowest BCUT2D eigenvalue weighted by molar-refractivity contribution is -0.137. The van der Waals surface area contributed by atoms with Gasteiger partial charge in [0, 0.05) is 49.3 Å². The van der Waals surface area contributed by atoms with Crippen LogP contribution in [-0.4, -0.2) is 55.2 Å². The molecule has 1 aliphatic heterocycles. The summed E-state index contributed by atoms with van der Waals surface area (Å²) in [6.45, 7) is 2.56. The molecule has 1 aliphatic rings. The van der Waals surface area contributed by atoms with Crippen LogP contribution in [0.4, 0.5) is 30.5 Å². The molecule has 1 saturated heterocycles. The van der Waals surface area contributed by atoms with Crippen LogP contribution in [0.15, 0.2) is 54.7 Å². The minimum Gasteiger partial charge on any atom is -0.497 e. The Morgan fingerprint density at radius 1 is 1.00 bits per heavy atom. The molecule has 2 heterocycles. The van der Waals surface area contributed by atoms with Gasteiger partial charge in [-0.15, -0.1) is 0 Å². The molecule has 168 valence electrons. The number of hydrogen-bond acceptors (Lipinski definition) is 6. The maximum absolute atomic E-state index is 13.8. The van der Waals surface area contributed by atoms with E-state index in [1.807, 2.05) is 31.3 Å². The number of aromatic nitrogens is 2. The monoisotopic (exact) mass is 443 g/mol. The topological polar surface area (TPSA) is 53.5 Å². The number of ether oxygens (including phenoxy) is 1. The molecule has 0 bridgehead atoms. The third-order valence-electron chi connectivity index (χ3n) is 5.42. The zero-order chi connectivity index (χ0) is 22.7. The fourth-order valence-corrected chi connectivity index (χ4v) is 3.66. The van der Waals surface area contributed by atoms with E-state index < -0.39 is 11.7 Å². The molecular weight excluding hydrogens is 419 g/mol. The van der Waals surface area contributed by atoms with Crippen molar-refractivity contribution >= 4 is 17.3 Å². The number of piperazine rings is 1. The molecule has 0 unspecified atom stereocenters. The van der Waals surface area contributed by atoms with Crippen molar-refractivity contribution in [3.8, 4) is 17.0 Å². The Labute approximate surface area is 184 Å². The van der Waals surface area contributed by atoms with Crippen LogP contribution in [0.2, 0.25) is 0 Å². The average molecular weight is 443 g/mol. The summed E-state index contributed by atoms with van der Waals surface area (Å²) in [7, 11) is 3.55. The molecule has 0 saturated carbocycles. The number of rotatable bonds is 5. The summed E-state index contributed by atoms with van der Waals surface area (Å²) in [6.07, 6.45) is -2.91. The van der Waals surface area contributed by atoms with Crippen LogP contribution >= 0.6 is 0 Å². The normalized spacial score (nSPS) is 15.0. The first-order chi connectivity index (χ1) is 15.3. The Kier molecular flexibility index (Phi) is 6.18. The van der Waals surface area contributed by atoms with Crippen LogP contribution in [-0.2, 0) is 6.18 Å². The molecule has 32 heavy (non-hydrogen) atoms. The minimum absolute atomic E-state index is 0.196. The lowest BCUT2D eigenvalue weighted by Gasteiger charge is -2.35. The highest BCUT2D eigenvalue weighted by Crippen LogP contribution is 2.39. The maximum Gasteiger partial charge on any atom is 0.418 e. The molecule has 1 aromatic heterocycles. The molecule has 3 aromatic rings. The average Bonchev–Trinajstić information content (AvgIpc) is 2.79. The number of methoxy groups -OCH3 is 1. The molecule has 0 atom stereocenters. The number of halogens is 3. The molecule has 1 N–H and O–H groups in total. The van der Waals surface area contributed by atoms with E-state index in [9.17, 15) is 13.2 Å². The van der Waals surface area contributed by atoms with Crippen molar-refractivity contribution in [2.24, 2.45) is 0 Å². The van der Waals surface area contributed by atoms with Crippen LogP contribution in [0.3, 0.4) is 0 Å². The predicted octanol–water partition coefficient (Wildman–Crippen LogP) is 4.67. The third-order valence-corrected chi connectivity index (χ3v) is 5.42. The van der Waals surface area contributed by atoms with Gasteiger partial charge in [-0.2, -0.15) is 13.2 Å². The van der Waals surface area contributed by atoms with Gasteiger partial charge in [-0.3, -0.25) is 0 Å². The van der Waals surface area contributed by atoms with Crippen LogP contribution in [0.5, 0.6) is 5.75 Å². The van der Waals surface area contributed by atoms with Gasteiger partial charge in [-0.25, -0.2) is 9.97 Å². The smallest absolute Gasteiger partial charge is 0.418 e. The molecule has 0 aliphatic carbocycles. The molecule has 4 rings (SSSR count). The van der Waals surface area contributed by atoms with Crippen LogP contribution in [0.1, 0.15) is 5.56 Å². The van der Waals surface area contributed by atoms with Gasteiger partial charge in [-0.1, -0.05) is 12.1 Å². The Hall–Kier alpha value is -3.33. The van der Waals surface area contributed by atoms with E-state index in [0.717, 1.165) is 24.7 Å². The summed E-state index contributed by atoms with van der Waals surface area (Å²) in [5.41, 5.74) is 1.25. The van der Waals surface area contributed by atoms with Gasteiger partial charge in [0.05, 0.1) is 18.4 Å². The highest BCUT2D eigenvalue weighted by atomic mass is 19.4. The molecule has 9 heteroatoms. The quantitative estimate of drug-likeness (QED) is 0.619. The van der Waals surface area contributed by atoms with Gasteiger partial charge in [-0.05, 0) is 43.4 Å². The SMILES string of the molecule is COc1cccc(-c2ccnc(Nc3ccc(N4CCN(C)CC4)c(C(F)(F)F)c3)n2)c1. The summed E-state index contributed by atoms with van der Waals surface area (Å²) in [6, 6.07) is 13.4. The number of nitrogens with zero attached hydrogens (tertiary/aromatic N) is 4. The third kappa shape index (κ3) is 4.94. The molecule has 2 aromatic carbocycles. The Balaban J connectivity index is 1.61. The van der Waals surface area contributed by atoms with Crippen molar-refractivity contribution in [1.82, 2.24) is 14.9 Å². The molecule has 0 spiro atoms. The van der Waals surface area contributed by atoms with Crippen LogP contribution in [0, 0.1) is 0 Å². The summed E-state index contributed by atoms with van der Waals surface area (Å²) in [4.78, 5) is 12.5. The van der Waals surface area contributed by atoms with Gasteiger partial charge in [0.15, 0.2) is 0 Å². The van der Waals surface area contributed by atoms with E-state index in [-0.39, 0.29) is 17.3 Å². The first-order valence-electron chi connectivity index (χ1n) is 10.2. The molecule has 0 amide bonds. The van der Waals surface area contributed by atoms with Crippen molar-refractivity contribution in [1.29, 1.82) is 0 Å². The van der Waals surface area contributed by atoms with E-state index in [2.05, 4.69) is 20.2 Å². The summed E-state index contributed by atoms with van der Waals surface area (Å²) < 4.78 is 46.8. The van der Waals surface area contributed by atoms with E-state index >= 15 is 0 Å². The highest BCUT2D eigenvalue weighted by Gasteiger charge is 2.35. The van der Waals surface area contributed by atoms with Crippen molar-refractivity contribution in [2.45, 2.75) is 6.18 Å². The van der Waals surface area contributed by atoms with E-state index in [1.165, 1.54) is 6.07 Å². The maximum atomic E-state index is 13.8. The van der Waals surface area contributed by atoms with Crippen LogP contribution in [0.25, 0.3) is 11.3 Å². The zero-order valence-electron chi connectivity index (χ0n) is 17.9. The summed E-state index contributed by atoms with van der Waals surface area (Å²) in [5.74, 6) is 0.899. The summed E-state index contributed by atoms with van der Waals surface area (Å²) >= 11 is 0. The Morgan fingerprint density at radius 3 is 2.50 bits per heavy atom. The Bertz CT molecular complexity index is 1080. The van der Waals surface area contributed by atoms with E-state index in [0.29, 0.717) is 24.5 Å². The van der Waals surface area contributed by atoms with E-state index in [4.69, 9.17) is 4.74 Å². The lowest BCUT2D eigenvalue weighted by atomic mass is 10.1. The second-order valence-electron chi connectivity index (χ2n) is 7.64. The lowest BCUT2D eigenvalue weighted by Crippen LogP contribution is -2.45. The second kappa shape index (κ2) is 9.04. The minimum atomic E-state index is -4.47. The molecule has 6 nitrogen and oxygen atoms in total. The van der Waals surface area contributed by atoms with Gasteiger partial charge >= 0.3 is 6.18 Å². The largest absolute Gasteiger partial charge is 0.497 e. The first-order valence-corrected chi connectivity index (χ1v) is 10.2. The van der Waals surface area contributed by atoms with Gasteiger partial charge in [0.25, 0.3) is 0 Å². The van der Waals surface area contributed by atoms with Gasteiger partial charge in [0.2, 0.25) is 5.95 Å². The fraction of sp³-hybridized carbons (Fsp3) is 0.304. The van der Waals surface area contributed by atoms with E-state index in [1.54, 1.807) is 30.3 Å². The predicted molar refractivity (Wildman–Crippen MR) is 118 cm³/mol. The van der Waals surface area contributed by atoms with Gasteiger partial charge < -0.3 is 19.9 Å². The number of nitrogens with one attached hydrogen (secondary N) is 1. The number of alkyl halides is 3. The zero-order valence-corrected chi connectivity index (χ0v) is 17.9. The standard InChI is InChI=1S/C23H24F3N5O/c1-30-10-12-31(13-11-30)21-7-6-17(15-19(21)23(24,25)26)28-22-27-9-8-20(29-22)16-4-3-5-18(14-16)32-2/h3-9,14-15H,10-13H2,1-2H3,(H,27,28,29). The summed E-state index contributed by atoms with van der Waals surface area (Å²) in [5, 5.41) is 2.91. The molecule has 1 fully saturated rings. The number of anilines is 3.